The van der Waals surface area contributed by atoms with Gasteiger partial charge in [0.2, 0.25) is 0 Å². The molecule has 5 heteroatoms. The van der Waals surface area contributed by atoms with Crippen molar-refractivity contribution < 1.29 is 0 Å². The number of rotatable bonds is 0. The van der Waals surface area contributed by atoms with Gasteiger partial charge >= 0.3 is 0 Å². The lowest BCUT2D eigenvalue weighted by Crippen LogP contribution is -1.87. The molecule has 0 aliphatic carbocycles. The number of hydrogen-bond donors (Lipinski definition) is 0. The van der Waals surface area contributed by atoms with Crippen molar-refractivity contribution in [3.05, 3.63) is 45.8 Å². The first-order valence-corrected chi connectivity index (χ1v) is 5.99. The van der Waals surface area contributed by atoms with E-state index in [1.807, 2.05) is 12.1 Å². The Labute approximate surface area is 112 Å². The van der Waals surface area contributed by atoms with E-state index in [9.17, 15) is 0 Å². The fourth-order valence-corrected chi connectivity index (χ4v) is 2.52. The molecule has 0 bridgehead atoms. The molecule has 0 aliphatic heterocycles. The number of aromatic nitrogens is 2. The molecule has 0 spiro atoms. The number of pyridine rings is 2. The van der Waals surface area contributed by atoms with Gasteiger partial charge in [-0.15, -0.1) is 0 Å². The molecule has 17 heavy (non-hydrogen) atoms. The molecule has 2 heterocycles. The molecule has 2 nitrogen and oxygen atoms in total. The first-order valence-electron chi connectivity index (χ1n) is 4.86. The maximum absolute atomic E-state index is 6.12. The van der Waals surface area contributed by atoms with Gasteiger partial charge in [0.05, 0.1) is 5.52 Å². The van der Waals surface area contributed by atoms with Gasteiger partial charge in [-0.25, -0.2) is 9.97 Å². The van der Waals surface area contributed by atoms with Crippen molar-refractivity contribution in [2.45, 2.75) is 0 Å². The minimum atomic E-state index is 0.402. The van der Waals surface area contributed by atoms with Crippen LogP contribution in [-0.4, -0.2) is 9.97 Å². The predicted octanol–water partition coefficient (Wildman–Crippen LogP) is 4.74. The summed E-state index contributed by atoms with van der Waals surface area (Å²) in [4.78, 5) is 8.35. The summed E-state index contributed by atoms with van der Waals surface area (Å²) in [5.74, 6) is 0. The van der Waals surface area contributed by atoms with Crippen molar-refractivity contribution in [1.82, 2.24) is 9.97 Å². The molecule has 0 amide bonds. The molecule has 0 saturated heterocycles. The minimum absolute atomic E-state index is 0.402. The first-order chi connectivity index (χ1) is 8.16. The zero-order valence-electron chi connectivity index (χ0n) is 8.42. The second-order valence-electron chi connectivity index (χ2n) is 3.59. The van der Waals surface area contributed by atoms with Gasteiger partial charge in [0.1, 0.15) is 10.3 Å². The third-order valence-corrected chi connectivity index (χ3v) is 3.38. The van der Waals surface area contributed by atoms with Crippen LogP contribution in [0.15, 0.2) is 30.5 Å². The van der Waals surface area contributed by atoms with E-state index < -0.39 is 0 Å². The number of halogens is 3. The number of fused-ring (bicyclic) bond motifs is 3. The summed E-state index contributed by atoms with van der Waals surface area (Å²) >= 11 is 18.2. The highest BCUT2D eigenvalue weighted by atomic mass is 35.5. The fraction of sp³-hybridized carbons (Fsp3) is 0. The van der Waals surface area contributed by atoms with Gasteiger partial charge in [0.25, 0.3) is 0 Å². The van der Waals surface area contributed by atoms with Crippen LogP contribution < -0.4 is 0 Å². The molecule has 84 valence electrons. The van der Waals surface area contributed by atoms with Crippen molar-refractivity contribution >= 4 is 56.5 Å². The summed E-state index contributed by atoms with van der Waals surface area (Å²) in [5, 5.41) is 3.92. The summed E-state index contributed by atoms with van der Waals surface area (Å²) in [6.07, 6.45) is 1.60. The van der Waals surface area contributed by atoms with E-state index in [1.165, 1.54) is 0 Å². The highest BCUT2D eigenvalue weighted by molar-refractivity contribution is 6.40. The van der Waals surface area contributed by atoms with Crippen LogP contribution in [0.3, 0.4) is 0 Å². The topological polar surface area (TPSA) is 25.8 Å². The summed E-state index contributed by atoms with van der Waals surface area (Å²) in [5.41, 5.74) is 0.713. The highest BCUT2D eigenvalue weighted by Crippen LogP contribution is 2.33. The van der Waals surface area contributed by atoms with Crippen LogP contribution >= 0.6 is 34.8 Å². The van der Waals surface area contributed by atoms with Crippen LogP contribution in [0.1, 0.15) is 0 Å². The fourth-order valence-electron chi connectivity index (χ4n) is 1.84. The van der Waals surface area contributed by atoms with Crippen LogP contribution in [0.2, 0.25) is 15.3 Å². The Bertz CT molecular complexity index is 740. The SMILES string of the molecule is Clc1ccc2c(Cl)nc3ccnc(Cl)c3c2c1. The van der Waals surface area contributed by atoms with Crippen LogP contribution in [0.5, 0.6) is 0 Å². The van der Waals surface area contributed by atoms with E-state index in [1.54, 1.807) is 18.3 Å². The molecule has 2 aromatic heterocycles. The Morgan fingerprint density at radius 2 is 1.71 bits per heavy atom. The van der Waals surface area contributed by atoms with Crippen molar-refractivity contribution in [1.29, 1.82) is 0 Å². The molecule has 0 N–H and O–H groups in total. The normalized spacial score (nSPS) is 11.2. The largest absolute Gasteiger partial charge is 0.244 e. The zero-order valence-corrected chi connectivity index (χ0v) is 10.7. The van der Waals surface area contributed by atoms with Crippen molar-refractivity contribution in [3.63, 3.8) is 0 Å². The van der Waals surface area contributed by atoms with Gasteiger partial charge in [-0.2, -0.15) is 0 Å². The summed E-state index contributed by atoms with van der Waals surface area (Å²) in [6.45, 7) is 0. The van der Waals surface area contributed by atoms with Gasteiger partial charge in [-0.05, 0) is 29.7 Å². The molecule has 1 aromatic carbocycles. The molecule has 0 fully saturated rings. The van der Waals surface area contributed by atoms with Crippen LogP contribution in [-0.2, 0) is 0 Å². The molecule has 3 rings (SSSR count). The second-order valence-corrected chi connectivity index (χ2v) is 4.74. The minimum Gasteiger partial charge on any atom is -0.244 e. The van der Waals surface area contributed by atoms with Gasteiger partial charge in [0, 0.05) is 22.0 Å². The Morgan fingerprint density at radius 3 is 2.53 bits per heavy atom. The molecule has 0 atom stereocenters. The van der Waals surface area contributed by atoms with Crippen LogP contribution in [0.4, 0.5) is 0 Å². The third kappa shape index (κ3) is 1.73. The quantitative estimate of drug-likeness (QED) is 0.440. The molecule has 0 radical (unpaired) electrons. The van der Waals surface area contributed by atoms with Crippen molar-refractivity contribution in [2.24, 2.45) is 0 Å². The number of benzene rings is 1. The average Bonchev–Trinajstić information content (AvgIpc) is 2.28. The summed E-state index contributed by atoms with van der Waals surface area (Å²) in [7, 11) is 0. The van der Waals surface area contributed by atoms with Crippen molar-refractivity contribution in [3.8, 4) is 0 Å². The van der Waals surface area contributed by atoms with E-state index >= 15 is 0 Å². The molecule has 0 saturated carbocycles. The molecule has 3 aromatic rings. The summed E-state index contributed by atoms with van der Waals surface area (Å²) in [6, 6.07) is 7.19. The Hall–Kier alpha value is -1.09. The molecule has 0 unspecified atom stereocenters. The Balaban J connectivity index is 2.65. The second kappa shape index (κ2) is 3.98. The maximum atomic E-state index is 6.12. The van der Waals surface area contributed by atoms with E-state index in [4.69, 9.17) is 34.8 Å². The highest BCUT2D eigenvalue weighted by Gasteiger charge is 2.10. The molecule has 0 aliphatic rings. The van der Waals surface area contributed by atoms with E-state index in [2.05, 4.69) is 9.97 Å². The average molecular weight is 284 g/mol. The monoisotopic (exact) mass is 282 g/mol. The van der Waals surface area contributed by atoms with Crippen LogP contribution in [0, 0.1) is 0 Å². The van der Waals surface area contributed by atoms with E-state index in [0.29, 0.717) is 20.8 Å². The Morgan fingerprint density at radius 1 is 0.882 bits per heavy atom. The molecular formula is C12H5Cl3N2. The van der Waals surface area contributed by atoms with E-state index in [-0.39, 0.29) is 0 Å². The first kappa shape index (κ1) is 11.0. The lowest BCUT2D eigenvalue weighted by Gasteiger charge is -2.06. The summed E-state index contributed by atoms with van der Waals surface area (Å²) < 4.78 is 0. The third-order valence-electron chi connectivity index (χ3n) is 2.57. The van der Waals surface area contributed by atoms with Crippen LogP contribution in [0.25, 0.3) is 21.7 Å². The van der Waals surface area contributed by atoms with Gasteiger partial charge in [0.15, 0.2) is 0 Å². The van der Waals surface area contributed by atoms with E-state index in [0.717, 1.165) is 16.2 Å². The Kier molecular flexibility index (Phi) is 2.58. The lowest BCUT2D eigenvalue weighted by molar-refractivity contribution is 1.34. The van der Waals surface area contributed by atoms with Gasteiger partial charge in [-0.3, -0.25) is 0 Å². The smallest absolute Gasteiger partial charge is 0.139 e. The zero-order chi connectivity index (χ0) is 12.0. The number of nitrogens with zero attached hydrogens (tertiary/aromatic N) is 2. The standard InChI is InChI=1S/C12H5Cl3N2/c13-6-1-2-7-8(5-6)10-9(17-11(7)14)3-4-16-12(10)15/h1-5H. The molecular weight excluding hydrogens is 279 g/mol. The lowest BCUT2D eigenvalue weighted by atomic mass is 10.1. The predicted molar refractivity (Wildman–Crippen MR) is 72.1 cm³/mol. The van der Waals surface area contributed by atoms with Crippen molar-refractivity contribution in [2.75, 3.05) is 0 Å². The van der Waals surface area contributed by atoms with Gasteiger partial charge in [-0.1, -0.05) is 34.8 Å². The van der Waals surface area contributed by atoms with Gasteiger partial charge < -0.3 is 0 Å². The number of hydrogen-bond acceptors (Lipinski definition) is 2. The maximum Gasteiger partial charge on any atom is 0.139 e.